The second-order valence-electron chi connectivity index (χ2n) is 8.33. The Kier molecular flexibility index (Phi) is 4.80. The van der Waals surface area contributed by atoms with Gasteiger partial charge in [-0.05, 0) is 30.5 Å². The molecule has 0 bridgehead atoms. The highest BCUT2D eigenvalue weighted by Gasteiger charge is 2.55. The number of anilines is 1. The molecule has 0 N–H and O–H groups in total. The van der Waals surface area contributed by atoms with Crippen LogP contribution in [0.2, 0.25) is 0 Å². The Hall–Kier alpha value is -3.88. The largest absolute Gasteiger partial charge is 0.337 e. The summed E-state index contributed by atoms with van der Waals surface area (Å²) in [6.07, 6.45) is 0. The molecule has 1 aromatic heterocycles. The molecule has 3 aromatic rings. The number of aromatic nitrogens is 2. The molecule has 3 heterocycles. The highest BCUT2D eigenvalue weighted by atomic mass is 16.5. The molecule has 0 saturated carbocycles. The summed E-state index contributed by atoms with van der Waals surface area (Å²) in [5.41, 5.74) is 3.63. The maximum absolute atomic E-state index is 13.2. The number of nitrogens with zero attached hydrogens (tertiary/aromatic N) is 6. The zero-order valence-electron chi connectivity index (χ0n) is 18.0. The van der Waals surface area contributed by atoms with Gasteiger partial charge in [0.05, 0.1) is 5.69 Å². The van der Waals surface area contributed by atoms with E-state index in [0.29, 0.717) is 23.3 Å². The van der Waals surface area contributed by atoms with Gasteiger partial charge in [-0.25, -0.2) is 4.90 Å². The van der Waals surface area contributed by atoms with Gasteiger partial charge in [-0.3, -0.25) is 14.6 Å². The van der Waals surface area contributed by atoms with Crippen molar-refractivity contribution in [3.63, 3.8) is 0 Å². The van der Waals surface area contributed by atoms with Crippen LogP contribution < -0.4 is 4.90 Å². The maximum Gasteiger partial charge on any atom is 0.263 e. The van der Waals surface area contributed by atoms with Gasteiger partial charge in [-0.1, -0.05) is 66.2 Å². The molecule has 2 aromatic carbocycles. The quantitative estimate of drug-likeness (QED) is 0.572. The molecule has 5 rings (SSSR count). The van der Waals surface area contributed by atoms with Crippen LogP contribution in [0.15, 0.2) is 63.4 Å². The Bertz CT molecular complexity index is 1200. The monoisotopic (exact) mass is 430 g/mol. The van der Waals surface area contributed by atoms with E-state index in [-0.39, 0.29) is 18.4 Å². The zero-order chi connectivity index (χ0) is 22.4. The van der Waals surface area contributed by atoms with Crippen molar-refractivity contribution in [3.05, 3.63) is 65.5 Å². The van der Waals surface area contributed by atoms with Crippen LogP contribution in [-0.4, -0.2) is 39.0 Å². The van der Waals surface area contributed by atoms with Gasteiger partial charge in [0.15, 0.2) is 12.1 Å². The van der Waals surface area contributed by atoms with Crippen molar-refractivity contribution < 1.29 is 14.1 Å². The maximum atomic E-state index is 13.2. The van der Waals surface area contributed by atoms with Crippen molar-refractivity contribution in [1.29, 1.82) is 0 Å². The molecular weight excluding hydrogens is 408 g/mol. The Morgan fingerprint density at radius 3 is 2.41 bits per heavy atom. The molecule has 9 nitrogen and oxygen atoms in total. The number of rotatable bonds is 5. The lowest BCUT2D eigenvalue weighted by Gasteiger charge is -2.19. The molecule has 0 unspecified atom stereocenters. The number of carbonyl (C=O) groups excluding carboxylic acids is 2. The Labute approximate surface area is 184 Å². The molecule has 2 atom stereocenters. The molecule has 32 heavy (non-hydrogen) atoms. The van der Waals surface area contributed by atoms with E-state index < -0.39 is 12.1 Å². The minimum atomic E-state index is -0.869. The van der Waals surface area contributed by atoms with Gasteiger partial charge in [0.2, 0.25) is 11.7 Å². The van der Waals surface area contributed by atoms with Crippen molar-refractivity contribution in [2.75, 3.05) is 4.90 Å². The van der Waals surface area contributed by atoms with Crippen LogP contribution in [0.3, 0.4) is 0 Å². The summed E-state index contributed by atoms with van der Waals surface area (Å²) in [5, 5.41) is 13.5. The van der Waals surface area contributed by atoms with Gasteiger partial charge in [0, 0.05) is 5.56 Å². The third kappa shape index (κ3) is 3.35. The molecule has 1 fully saturated rings. The van der Waals surface area contributed by atoms with Crippen molar-refractivity contribution in [2.24, 2.45) is 10.3 Å². The Morgan fingerprint density at radius 2 is 1.72 bits per heavy atom. The first kappa shape index (κ1) is 20.0. The average Bonchev–Trinajstić information content (AvgIpc) is 3.47. The molecule has 162 valence electrons. The summed E-state index contributed by atoms with van der Waals surface area (Å²) in [4.78, 5) is 31.7. The number of benzene rings is 2. The first-order valence-electron chi connectivity index (χ1n) is 10.5. The third-order valence-corrected chi connectivity index (χ3v) is 5.75. The molecule has 2 aliphatic rings. The van der Waals surface area contributed by atoms with Crippen LogP contribution >= 0.6 is 0 Å². The van der Waals surface area contributed by atoms with Crippen molar-refractivity contribution in [3.8, 4) is 11.4 Å². The zero-order valence-corrected chi connectivity index (χ0v) is 18.0. The van der Waals surface area contributed by atoms with E-state index in [0.717, 1.165) is 16.7 Å². The number of carbonyl (C=O) groups is 2. The predicted octanol–water partition coefficient (Wildman–Crippen LogP) is 3.66. The minimum absolute atomic E-state index is 0.0860. The Morgan fingerprint density at radius 1 is 1.00 bits per heavy atom. The van der Waals surface area contributed by atoms with Crippen LogP contribution in [0, 0.1) is 6.92 Å². The first-order chi connectivity index (χ1) is 15.4. The lowest BCUT2D eigenvalue weighted by atomic mass is 10.0. The van der Waals surface area contributed by atoms with E-state index >= 15 is 0 Å². The fourth-order valence-corrected chi connectivity index (χ4v) is 3.89. The van der Waals surface area contributed by atoms with E-state index in [1.54, 1.807) is 12.1 Å². The van der Waals surface area contributed by atoms with Crippen LogP contribution in [0.5, 0.6) is 0 Å². The summed E-state index contributed by atoms with van der Waals surface area (Å²) in [6, 6.07) is 13.5. The lowest BCUT2D eigenvalue weighted by molar-refractivity contribution is -0.123. The molecule has 0 aliphatic carbocycles. The minimum Gasteiger partial charge on any atom is -0.337 e. The van der Waals surface area contributed by atoms with Crippen molar-refractivity contribution in [1.82, 2.24) is 15.1 Å². The molecule has 0 radical (unpaired) electrons. The van der Waals surface area contributed by atoms with Gasteiger partial charge in [-0.2, -0.15) is 10.1 Å². The SMILES string of the molecule is Cc1ccc(-c2noc(CN3N=N[C@H]4C(=O)N(c5ccc(C(C)C)cc5)C(=O)[C@H]43)n2)cc1. The second-order valence-corrected chi connectivity index (χ2v) is 8.33. The number of aryl methyl sites for hydroxylation is 1. The number of hydrogen-bond acceptors (Lipinski definition) is 8. The van der Waals surface area contributed by atoms with E-state index in [1.807, 2.05) is 43.3 Å². The van der Waals surface area contributed by atoms with Gasteiger partial charge in [0.1, 0.15) is 6.54 Å². The molecule has 1 saturated heterocycles. The summed E-state index contributed by atoms with van der Waals surface area (Å²) < 4.78 is 5.35. The van der Waals surface area contributed by atoms with E-state index in [2.05, 4.69) is 34.3 Å². The molecule has 9 heteroatoms. The molecule has 2 aliphatic heterocycles. The van der Waals surface area contributed by atoms with E-state index in [9.17, 15) is 9.59 Å². The average molecular weight is 430 g/mol. The summed E-state index contributed by atoms with van der Waals surface area (Å²) >= 11 is 0. The molecule has 2 amide bonds. The standard InChI is InChI=1S/C23H22N6O3/c1-13(2)15-8-10-17(11-9-15)29-22(30)19-20(23(29)31)28(27-25-19)12-18-24-21(26-32-18)16-6-4-14(3)5-7-16/h4-11,13,19-20H,12H2,1-3H3/t19-,20+/m1/s1. The summed E-state index contributed by atoms with van der Waals surface area (Å²) in [6.45, 7) is 6.27. The highest BCUT2D eigenvalue weighted by molar-refractivity contribution is 6.25. The molecular formula is C23H22N6O3. The third-order valence-electron chi connectivity index (χ3n) is 5.75. The highest BCUT2D eigenvalue weighted by Crippen LogP contribution is 2.33. The number of amides is 2. The van der Waals surface area contributed by atoms with Crippen LogP contribution in [0.25, 0.3) is 11.4 Å². The van der Waals surface area contributed by atoms with Crippen LogP contribution in [0.1, 0.15) is 36.8 Å². The second kappa shape index (κ2) is 7.67. The van der Waals surface area contributed by atoms with E-state index in [1.165, 1.54) is 9.91 Å². The summed E-state index contributed by atoms with van der Waals surface area (Å²) in [7, 11) is 0. The number of hydrogen-bond donors (Lipinski definition) is 0. The smallest absolute Gasteiger partial charge is 0.263 e. The predicted molar refractivity (Wildman–Crippen MR) is 115 cm³/mol. The summed E-state index contributed by atoms with van der Waals surface area (Å²) in [5.74, 6) is 0.362. The normalized spacial score (nSPS) is 20.0. The van der Waals surface area contributed by atoms with Gasteiger partial charge in [0.25, 0.3) is 11.8 Å². The fraction of sp³-hybridized carbons (Fsp3) is 0.304. The van der Waals surface area contributed by atoms with Gasteiger partial charge < -0.3 is 4.52 Å². The van der Waals surface area contributed by atoms with Gasteiger partial charge >= 0.3 is 0 Å². The topological polar surface area (TPSA) is 104 Å². The van der Waals surface area contributed by atoms with Crippen molar-refractivity contribution >= 4 is 17.5 Å². The van der Waals surface area contributed by atoms with Crippen molar-refractivity contribution in [2.45, 2.75) is 45.3 Å². The number of fused-ring (bicyclic) bond motifs is 1. The lowest BCUT2D eigenvalue weighted by Crippen LogP contribution is -2.39. The first-order valence-corrected chi connectivity index (χ1v) is 10.5. The van der Waals surface area contributed by atoms with Crippen LogP contribution in [0.4, 0.5) is 5.69 Å². The number of imide groups is 1. The van der Waals surface area contributed by atoms with Crippen LogP contribution in [-0.2, 0) is 16.1 Å². The fourth-order valence-electron chi connectivity index (χ4n) is 3.89. The van der Waals surface area contributed by atoms with E-state index in [4.69, 9.17) is 4.52 Å². The Balaban J connectivity index is 1.34. The van der Waals surface area contributed by atoms with Gasteiger partial charge in [-0.15, -0.1) is 0 Å². The molecule has 0 spiro atoms.